The first kappa shape index (κ1) is 31.3. The van der Waals surface area contributed by atoms with Crippen molar-refractivity contribution < 1.29 is 27.9 Å². The second-order valence-corrected chi connectivity index (χ2v) is 12.2. The van der Waals surface area contributed by atoms with E-state index in [1.54, 1.807) is 39.6 Å². The minimum atomic E-state index is -2.97. The van der Waals surface area contributed by atoms with Gasteiger partial charge in [0, 0.05) is 30.5 Å². The number of carbonyl (C=O) groups excluding carboxylic acids is 3. The van der Waals surface area contributed by atoms with Crippen LogP contribution < -0.4 is 10.1 Å². The van der Waals surface area contributed by atoms with Gasteiger partial charge in [0.1, 0.15) is 22.4 Å². The molecule has 2 aromatic carbocycles. The molecule has 0 aliphatic carbocycles. The highest BCUT2D eigenvalue weighted by Gasteiger charge is 2.48. The number of hydrogen-bond donors (Lipinski definition) is 2. The molecule has 3 amide bonds. The molecule has 5 rings (SSSR count). The Bertz CT molecular complexity index is 1680. The minimum Gasteiger partial charge on any atom is -0.435 e. The Balaban J connectivity index is 1.51. The van der Waals surface area contributed by atoms with Crippen LogP contribution in [0, 0.1) is 11.3 Å². The van der Waals surface area contributed by atoms with Crippen LogP contribution in [0.3, 0.4) is 0 Å². The highest BCUT2D eigenvalue weighted by molar-refractivity contribution is 7.81. The van der Waals surface area contributed by atoms with Crippen molar-refractivity contribution in [1.82, 2.24) is 24.9 Å². The van der Waals surface area contributed by atoms with Gasteiger partial charge in [-0.1, -0.05) is 23.7 Å². The van der Waals surface area contributed by atoms with E-state index in [0.717, 1.165) is 0 Å². The molecule has 0 saturated carbocycles. The van der Waals surface area contributed by atoms with E-state index in [9.17, 15) is 28.4 Å². The summed E-state index contributed by atoms with van der Waals surface area (Å²) in [6.45, 7) is 2.30. The van der Waals surface area contributed by atoms with Gasteiger partial charge in [0.25, 0.3) is 11.8 Å². The Morgan fingerprint density at radius 3 is 2.61 bits per heavy atom. The lowest BCUT2D eigenvalue weighted by molar-refractivity contribution is -0.119. The number of aromatic nitrogens is 2. The summed E-state index contributed by atoms with van der Waals surface area (Å²) in [6.07, 6.45) is 0.388. The number of nitriles is 1. The largest absolute Gasteiger partial charge is 0.435 e. The van der Waals surface area contributed by atoms with Gasteiger partial charge in [-0.3, -0.25) is 19.1 Å². The molecule has 1 N–H and O–H groups in total. The van der Waals surface area contributed by atoms with Crippen molar-refractivity contribution in [2.75, 3.05) is 6.54 Å². The molecule has 1 aromatic heterocycles. The molecule has 0 radical (unpaired) electrons. The molecule has 0 fully saturated rings. The summed E-state index contributed by atoms with van der Waals surface area (Å²) in [4.78, 5) is 41.9. The van der Waals surface area contributed by atoms with E-state index >= 15 is 0 Å². The second-order valence-electron chi connectivity index (χ2n) is 10.9. The molecule has 44 heavy (non-hydrogen) atoms. The van der Waals surface area contributed by atoms with Gasteiger partial charge >= 0.3 is 6.61 Å². The fraction of sp³-hybridized carbons (Fsp3) is 0.367. The van der Waals surface area contributed by atoms with Gasteiger partial charge in [0.15, 0.2) is 0 Å². The van der Waals surface area contributed by atoms with Crippen molar-refractivity contribution >= 4 is 42.0 Å². The van der Waals surface area contributed by atoms with Crippen LogP contribution >= 0.6 is 24.2 Å². The van der Waals surface area contributed by atoms with E-state index in [0.29, 0.717) is 34.5 Å². The highest BCUT2D eigenvalue weighted by Crippen LogP contribution is 2.40. The van der Waals surface area contributed by atoms with Crippen molar-refractivity contribution in [2.24, 2.45) is 0 Å². The van der Waals surface area contributed by atoms with Gasteiger partial charge < -0.3 is 19.9 Å². The first-order valence-electron chi connectivity index (χ1n) is 13.8. The summed E-state index contributed by atoms with van der Waals surface area (Å²) >= 11 is 11.0. The van der Waals surface area contributed by atoms with Crippen LogP contribution in [0.5, 0.6) is 5.75 Å². The van der Waals surface area contributed by atoms with E-state index in [1.807, 2.05) is 13.0 Å². The first-order valence-corrected chi connectivity index (χ1v) is 14.6. The van der Waals surface area contributed by atoms with E-state index in [-0.39, 0.29) is 53.8 Å². The van der Waals surface area contributed by atoms with E-state index < -0.39 is 23.4 Å². The number of carbonyl (C=O) groups is 3. The number of hydrogen-bond acceptors (Lipinski definition) is 7. The number of nitrogens with one attached hydrogen (secondary N) is 1. The molecule has 0 saturated heterocycles. The molecule has 3 heterocycles. The van der Waals surface area contributed by atoms with Gasteiger partial charge in [-0.05, 0) is 49.7 Å². The number of fused-ring (bicyclic) bond motifs is 3. The summed E-state index contributed by atoms with van der Waals surface area (Å²) in [5.74, 6) is -1.05. The summed E-state index contributed by atoms with van der Waals surface area (Å²) in [5, 5.41) is 17.1. The number of halogens is 3. The van der Waals surface area contributed by atoms with E-state index in [4.69, 9.17) is 29.3 Å². The number of rotatable bonds is 7. The molecular formula is C30H29ClF2N6O4S. The molecular weight excluding hydrogens is 614 g/mol. The summed E-state index contributed by atoms with van der Waals surface area (Å²) in [5.41, 5.74) is 2.69. The average molecular weight is 643 g/mol. The lowest BCUT2D eigenvalue weighted by atomic mass is 9.95. The molecule has 14 heteroatoms. The van der Waals surface area contributed by atoms with Crippen LogP contribution in [0.2, 0.25) is 5.02 Å². The molecule has 2 aliphatic rings. The molecule has 230 valence electrons. The third kappa shape index (κ3) is 5.84. The third-order valence-electron chi connectivity index (χ3n) is 7.95. The number of ether oxygens (including phenoxy) is 1. The number of amides is 3. The monoisotopic (exact) mass is 642 g/mol. The van der Waals surface area contributed by atoms with Crippen LogP contribution in [0.1, 0.15) is 70.0 Å². The number of thiol groups is 1. The Labute approximate surface area is 262 Å². The van der Waals surface area contributed by atoms with Crippen LogP contribution in [0.25, 0.3) is 0 Å². The summed E-state index contributed by atoms with van der Waals surface area (Å²) in [6, 6.07) is 11.6. The lowest BCUT2D eigenvalue weighted by Gasteiger charge is -2.47. The first-order chi connectivity index (χ1) is 20.8. The second kappa shape index (κ2) is 12.1. The van der Waals surface area contributed by atoms with Gasteiger partial charge in [-0.25, -0.2) is 0 Å². The Kier molecular flexibility index (Phi) is 8.59. The average Bonchev–Trinajstić information content (AvgIpc) is 3.32. The van der Waals surface area contributed by atoms with Crippen molar-refractivity contribution in [3.63, 3.8) is 0 Å². The zero-order valence-corrected chi connectivity index (χ0v) is 25.7. The zero-order valence-electron chi connectivity index (χ0n) is 24.1. The normalized spacial score (nSPS) is 20.1. The zero-order chi connectivity index (χ0) is 31.9. The minimum absolute atomic E-state index is 0.0108. The van der Waals surface area contributed by atoms with Crippen LogP contribution in [-0.4, -0.2) is 61.4 Å². The molecule has 3 aromatic rings. The van der Waals surface area contributed by atoms with E-state index in [2.05, 4.69) is 10.1 Å². The SMILES string of the molecule is CC(=O)NC[C@@]1(S)Cn2nc3c(c2C(=O)N1[C@@H](C)c1ccc(OC(F)F)cc1)CN(C(=O)c1ccc(Cl)c(C#N)c1)[C@H](C)C3. The van der Waals surface area contributed by atoms with Crippen molar-refractivity contribution in [3.05, 3.63) is 81.1 Å². The van der Waals surface area contributed by atoms with Crippen LogP contribution in [0.4, 0.5) is 8.78 Å². The molecule has 0 spiro atoms. The number of alkyl halides is 2. The van der Waals surface area contributed by atoms with Crippen LogP contribution in [0.15, 0.2) is 42.5 Å². The van der Waals surface area contributed by atoms with Gasteiger partial charge in [0.05, 0.1) is 42.0 Å². The fourth-order valence-electron chi connectivity index (χ4n) is 5.77. The molecule has 10 nitrogen and oxygen atoms in total. The third-order valence-corrected chi connectivity index (χ3v) is 8.79. The maximum absolute atomic E-state index is 14.4. The predicted molar refractivity (Wildman–Crippen MR) is 159 cm³/mol. The summed E-state index contributed by atoms with van der Waals surface area (Å²) < 4.78 is 31.4. The van der Waals surface area contributed by atoms with E-state index in [1.165, 1.54) is 31.2 Å². The highest BCUT2D eigenvalue weighted by atomic mass is 35.5. The quantitative estimate of drug-likeness (QED) is 0.364. The molecule has 2 aliphatic heterocycles. The Hall–Kier alpha value is -4.15. The fourth-order valence-corrected chi connectivity index (χ4v) is 6.41. The summed E-state index contributed by atoms with van der Waals surface area (Å²) in [7, 11) is 0. The van der Waals surface area contributed by atoms with Gasteiger partial charge in [-0.15, -0.1) is 12.6 Å². The van der Waals surface area contributed by atoms with Crippen LogP contribution in [-0.2, 0) is 24.3 Å². The lowest BCUT2D eigenvalue weighted by Crippen LogP contribution is -2.60. The molecule has 3 atom stereocenters. The maximum atomic E-state index is 14.4. The Morgan fingerprint density at radius 2 is 1.98 bits per heavy atom. The standard InChI is InChI=1S/C30H29ClF2N6O4S/c1-16-10-25-23(13-37(16)27(41)20-6-9-24(31)21(11-20)12-34)26-28(42)39(30(44,14-35-18(3)40)15-38(26)36-25)17(2)19-4-7-22(8-5-19)43-29(32)33/h4-9,11,16-17,29,44H,10,13-15H2,1-3H3,(H,35,40)/t16-,17+,30-/m1/s1. The molecule has 0 bridgehead atoms. The smallest absolute Gasteiger partial charge is 0.387 e. The maximum Gasteiger partial charge on any atom is 0.387 e. The Morgan fingerprint density at radius 1 is 1.27 bits per heavy atom. The van der Waals surface area contributed by atoms with Crippen molar-refractivity contribution in [2.45, 2.75) is 63.8 Å². The topological polar surface area (TPSA) is 121 Å². The van der Waals surface area contributed by atoms with Gasteiger partial charge in [0.2, 0.25) is 5.91 Å². The predicted octanol–water partition coefficient (Wildman–Crippen LogP) is 4.58. The molecule has 0 unspecified atom stereocenters. The number of nitrogens with zero attached hydrogens (tertiary/aromatic N) is 5. The number of benzene rings is 2. The van der Waals surface area contributed by atoms with Crippen molar-refractivity contribution in [1.29, 1.82) is 5.26 Å². The van der Waals surface area contributed by atoms with Crippen molar-refractivity contribution in [3.8, 4) is 11.8 Å². The van der Waals surface area contributed by atoms with Gasteiger partial charge in [-0.2, -0.15) is 19.1 Å².